The first-order valence-electron chi connectivity index (χ1n) is 12.1. The summed E-state index contributed by atoms with van der Waals surface area (Å²) in [6.07, 6.45) is 2.71. The molecule has 2 aliphatic heterocycles. The third-order valence-electron chi connectivity index (χ3n) is 7.41. The van der Waals surface area contributed by atoms with E-state index in [1.54, 1.807) is 36.5 Å². The first kappa shape index (κ1) is 22.3. The molecule has 36 heavy (non-hydrogen) atoms. The summed E-state index contributed by atoms with van der Waals surface area (Å²) in [7, 11) is 0. The lowest BCUT2D eigenvalue weighted by Crippen LogP contribution is -2.49. The van der Waals surface area contributed by atoms with E-state index in [1.807, 2.05) is 45.9 Å². The number of aromatic nitrogens is 2. The van der Waals surface area contributed by atoms with E-state index in [0.717, 1.165) is 23.0 Å². The van der Waals surface area contributed by atoms with Crippen LogP contribution in [0.2, 0.25) is 0 Å². The maximum atomic E-state index is 12.7. The minimum absolute atomic E-state index is 0.00661. The second kappa shape index (κ2) is 8.80. The number of hydrogen-bond acceptors (Lipinski definition) is 4. The van der Waals surface area contributed by atoms with Crippen molar-refractivity contribution in [1.29, 1.82) is 0 Å². The number of piperidine rings is 1. The molecule has 0 spiro atoms. The Balaban J connectivity index is 1.32. The maximum Gasteiger partial charge on any atom is 0.325 e. The Morgan fingerprint density at radius 2 is 1.83 bits per heavy atom. The van der Waals surface area contributed by atoms with E-state index in [9.17, 15) is 19.5 Å². The van der Waals surface area contributed by atoms with E-state index in [4.69, 9.17) is 0 Å². The summed E-state index contributed by atoms with van der Waals surface area (Å²) in [5, 5.41) is 14.0. The molecule has 8 heteroatoms. The second-order valence-electron chi connectivity index (χ2n) is 9.72. The van der Waals surface area contributed by atoms with Crippen molar-refractivity contribution in [2.24, 2.45) is 5.92 Å². The zero-order valence-electron chi connectivity index (χ0n) is 19.6. The summed E-state index contributed by atoms with van der Waals surface area (Å²) in [5.41, 5.74) is 3.62. The number of carboxylic acid groups (broad SMARTS) is 1. The molecule has 3 atom stereocenters. The Morgan fingerprint density at radius 3 is 2.64 bits per heavy atom. The van der Waals surface area contributed by atoms with Crippen LogP contribution in [0, 0.1) is 5.92 Å². The van der Waals surface area contributed by atoms with Gasteiger partial charge in [0, 0.05) is 71.2 Å². The molecular weight excluding hydrogens is 456 g/mol. The normalized spacial score (nSPS) is 20.0. The molecular formula is C28H26N4O4. The number of rotatable bonds is 5. The highest BCUT2D eigenvalue weighted by molar-refractivity contribution is 6.05. The number of amides is 1. The van der Waals surface area contributed by atoms with Gasteiger partial charge in [-0.05, 0) is 48.7 Å². The van der Waals surface area contributed by atoms with Gasteiger partial charge >= 0.3 is 5.97 Å². The van der Waals surface area contributed by atoms with Gasteiger partial charge in [-0.15, -0.1) is 0 Å². The topological polar surface area (TPSA) is 107 Å². The monoisotopic (exact) mass is 482 g/mol. The van der Waals surface area contributed by atoms with Gasteiger partial charge in [0.25, 0.3) is 11.5 Å². The molecule has 2 aromatic carbocycles. The number of benzene rings is 2. The van der Waals surface area contributed by atoms with Crippen molar-refractivity contribution in [3.05, 3.63) is 100 Å². The SMILES string of the molecule is O=C(Nc1ccc2[nH]cc(C(C(=O)O)N3C[C@@H]4C[C@@H](C3)c3cccc(=O)n3C4)c2c1)c1ccccc1. The number of hydrogen-bond donors (Lipinski definition) is 3. The molecule has 182 valence electrons. The van der Waals surface area contributed by atoms with Crippen LogP contribution in [0.4, 0.5) is 5.69 Å². The van der Waals surface area contributed by atoms with Crippen molar-refractivity contribution in [1.82, 2.24) is 14.5 Å². The number of aromatic amines is 1. The Labute approximate surface area is 207 Å². The number of nitrogens with one attached hydrogen (secondary N) is 2. The molecule has 0 aliphatic carbocycles. The van der Waals surface area contributed by atoms with Crippen LogP contribution in [0.15, 0.2) is 77.7 Å². The van der Waals surface area contributed by atoms with Crippen LogP contribution in [-0.4, -0.2) is 44.5 Å². The van der Waals surface area contributed by atoms with Crippen molar-refractivity contribution >= 4 is 28.5 Å². The zero-order valence-corrected chi connectivity index (χ0v) is 19.6. The molecule has 3 N–H and O–H groups in total. The van der Waals surface area contributed by atoms with Gasteiger partial charge < -0.3 is 20.0 Å². The number of aliphatic carboxylic acids is 1. The van der Waals surface area contributed by atoms with Crippen LogP contribution in [0.3, 0.4) is 0 Å². The number of anilines is 1. The number of pyridine rings is 1. The molecule has 1 amide bonds. The number of H-pyrrole nitrogens is 1. The fourth-order valence-electron chi connectivity index (χ4n) is 5.87. The van der Waals surface area contributed by atoms with E-state index in [1.165, 1.54) is 0 Å². The summed E-state index contributed by atoms with van der Waals surface area (Å²) in [5.74, 6) is -0.817. The summed E-state index contributed by atoms with van der Waals surface area (Å²) >= 11 is 0. The highest BCUT2D eigenvalue weighted by Crippen LogP contribution is 2.40. The third kappa shape index (κ3) is 3.89. The Morgan fingerprint density at radius 1 is 1.00 bits per heavy atom. The van der Waals surface area contributed by atoms with Gasteiger partial charge in [0.2, 0.25) is 0 Å². The summed E-state index contributed by atoms with van der Waals surface area (Å²) < 4.78 is 1.85. The van der Waals surface area contributed by atoms with Gasteiger partial charge in [-0.2, -0.15) is 0 Å². The highest BCUT2D eigenvalue weighted by Gasteiger charge is 2.40. The van der Waals surface area contributed by atoms with Crippen molar-refractivity contribution in [3.63, 3.8) is 0 Å². The fraction of sp³-hybridized carbons (Fsp3) is 0.250. The van der Waals surface area contributed by atoms with Gasteiger partial charge in [0.05, 0.1) is 0 Å². The number of carbonyl (C=O) groups is 2. The summed E-state index contributed by atoms with van der Waals surface area (Å²) in [4.78, 5) is 42.9. The Kier molecular flexibility index (Phi) is 5.45. The minimum atomic E-state index is -0.917. The van der Waals surface area contributed by atoms with Crippen LogP contribution in [0.1, 0.15) is 40.0 Å². The van der Waals surface area contributed by atoms with Crippen molar-refractivity contribution in [2.45, 2.75) is 24.9 Å². The molecule has 1 saturated heterocycles. The predicted molar refractivity (Wildman–Crippen MR) is 136 cm³/mol. The average molecular weight is 483 g/mol. The molecule has 4 heterocycles. The number of likely N-dealkylation sites (tertiary alicyclic amines) is 1. The molecule has 6 rings (SSSR count). The molecule has 8 nitrogen and oxygen atoms in total. The van der Waals surface area contributed by atoms with Gasteiger partial charge in [0.1, 0.15) is 6.04 Å². The fourth-order valence-corrected chi connectivity index (χ4v) is 5.87. The van der Waals surface area contributed by atoms with Gasteiger partial charge in [-0.1, -0.05) is 24.3 Å². The molecule has 2 bridgehead atoms. The second-order valence-corrected chi connectivity index (χ2v) is 9.72. The Hall–Kier alpha value is -4.17. The van der Waals surface area contributed by atoms with E-state index < -0.39 is 12.0 Å². The van der Waals surface area contributed by atoms with Crippen LogP contribution in [0.5, 0.6) is 0 Å². The number of fused-ring (bicyclic) bond motifs is 5. The smallest absolute Gasteiger partial charge is 0.325 e. The Bertz CT molecular complexity index is 1520. The molecule has 1 unspecified atom stereocenters. The minimum Gasteiger partial charge on any atom is -0.480 e. The summed E-state index contributed by atoms with van der Waals surface area (Å²) in [6, 6.07) is 19.0. The first-order valence-corrected chi connectivity index (χ1v) is 12.1. The molecule has 0 saturated carbocycles. The van der Waals surface area contributed by atoms with E-state index in [2.05, 4.69) is 10.3 Å². The lowest BCUT2D eigenvalue weighted by atomic mass is 9.82. The predicted octanol–water partition coefficient (Wildman–Crippen LogP) is 3.83. The van der Waals surface area contributed by atoms with E-state index in [0.29, 0.717) is 36.4 Å². The molecule has 1 fully saturated rings. The van der Waals surface area contributed by atoms with E-state index >= 15 is 0 Å². The standard InChI is InChI=1S/C28H26N4O4/c33-25-8-4-7-24-19-11-17(15-32(24)25)14-31(16-19)26(28(35)36)22-13-29-23-10-9-20(12-21(22)23)30-27(34)18-5-2-1-3-6-18/h1-10,12-13,17,19,26,29H,11,14-16H2,(H,30,34)(H,35,36)/t17-,19-,26?/m0/s1. The molecule has 2 aromatic heterocycles. The molecule has 2 aliphatic rings. The largest absolute Gasteiger partial charge is 0.480 e. The zero-order chi connectivity index (χ0) is 24.8. The highest BCUT2D eigenvalue weighted by atomic mass is 16.4. The van der Waals surface area contributed by atoms with Crippen LogP contribution in [0.25, 0.3) is 10.9 Å². The quantitative estimate of drug-likeness (QED) is 0.401. The van der Waals surface area contributed by atoms with Gasteiger partial charge in [0.15, 0.2) is 0 Å². The number of carbonyl (C=O) groups excluding carboxylic acids is 1. The van der Waals surface area contributed by atoms with Gasteiger partial charge in [-0.3, -0.25) is 19.3 Å². The molecule has 4 aromatic rings. The first-order chi connectivity index (χ1) is 17.5. The van der Waals surface area contributed by atoms with Crippen LogP contribution in [-0.2, 0) is 11.3 Å². The van der Waals surface area contributed by atoms with Crippen molar-refractivity contribution in [3.8, 4) is 0 Å². The maximum absolute atomic E-state index is 12.7. The number of nitrogens with zero attached hydrogens (tertiary/aromatic N) is 2. The van der Waals surface area contributed by atoms with Gasteiger partial charge in [-0.25, -0.2) is 0 Å². The van der Waals surface area contributed by atoms with Crippen LogP contribution >= 0.6 is 0 Å². The van der Waals surface area contributed by atoms with Crippen molar-refractivity contribution < 1.29 is 14.7 Å². The van der Waals surface area contributed by atoms with Crippen molar-refractivity contribution in [2.75, 3.05) is 18.4 Å². The van der Waals surface area contributed by atoms with E-state index in [-0.39, 0.29) is 23.3 Å². The average Bonchev–Trinajstić information content (AvgIpc) is 3.28. The lowest BCUT2D eigenvalue weighted by molar-refractivity contribution is -0.144. The number of carboxylic acids is 1. The summed E-state index contributed by atoms with van der Waals surface area (Å²) in [6.45, 7) is 1.78. The third-order valence-corrected chi connectivity index (χ3v) is 7.41. The van der Waals surface area contributed by atoms with Crippen LogP contribution < -0.4 is 10.9 Å². The molecule has 0 radical (unpaired) electrons. The lowest BCUT2D eigenvalue weighted by Gasteiger charge is -2.44.